The summed E-state index contributed by atoms with van der Waals surface area (Å²) in [6.07, 6.45) is 10.6. The number of rotatable bonds is 9. The molecular formula is C16H25N3OS. The van der Waals surface area contributed by atoms with Crippen LogP contribution in [0.15, 0.2) is 12.4 Å². The van der Waals surface area contributed by atoms with Gasteiger partial charge in [0.2, 0.25) is 0 Å². The van der Waals surface area contributed by atoms with Crippen molar-refractivity contribution in [3.63, 3.8) is 0 Å². The average Bonchev–Trinajstić information content (AvgIpc) is 2.84. The number of fused-ring (bicyclic) bond motifs is 1. The number of methoxy groups -OCH3 is 1. The first kappa shape index (κ1) is 16.3. The molecule has 5 heteroatoms. The topological polar surface area (TPSA) is 39.9 Å². The van der Waals surface area contributed by atoms with Gasteiger partial charge in [-0.1, -0.05) is 6.42 Å². The lowest BCUT2D eigenvalue weighted by Crippen LogP contribution is -2.07. The van der Waals surface area contributed by atoms with Gasteiger partial charge in [0.25, 0.3) is 0 Å². The third-order valence-corrected chi connectivity index (χ3v) is 4.37. The van der Waals surface area contributed by atoms with Crippen molar-refractivity contribution in [3.8, 4) is 0 Å². The van der Waals surface area contributed by atoms with Gasteiger partial charge in [0.1, 0.15) is 11.3 Å². The monoisotopic (exact) mass is 307 g/mol. The van der Waals surface area contributed by atoms with E-state index in [0.29, 0.717) is 6.61 Å². The molecule has 0 aliphatic carbocycles. The Hall–Kier alpha value is -1.07. The molecule has 0 unspecified atom stereocenters. The van der Waals surface area contributed by atoms with E-state index in [0.717, 1.165) is 24.3 Å². The standard InChI is InChI=1S/C16H25N3OS/c1-13-11-17-12-14-16(13)19(8-5-4-6-10-21-3)15(18-14)7-9-20-2/h11-12H,4-10H2,1-3H3. The summed E-state index contributed by atoms with van der Waals surface area (Å²) >= 11 is 1.92. The minimum Gasteiger partial charge on any atom is -0.384 e. The minimum atomic E-state index is 0.711. The first-order chi connectivity index (χ1) is 10.3. The van der Waals surface area contributed by atoms with Gasteiger partial charge in [0.15, 0.2) is 0 Å². The van der Waals surface area contributed by atoms with Crippen LogP contribution in [0.5, 0.6) is 0 Å². The molecule has 0 spiro atoms. The molecule has 2 heterocycles. The molecule has 2 rings (SSSR count). The normalized spacial score (nSPS) is 11.4. The van der Waals surface area contributed by atoms with Crippen LogP contribution in [-0.4, -0.2) is 40.3 Å². The van der Waals surface area contributed by atoms with Gasteiger partial charge in [-0.3, -0.25) is 4.98 Å². The zero-order chi connectivity index (χ0) is 15.1. The average molecular weight is 307 g/mol. The van der Waals surface area contributed by atoms with Crippen molar-refractivity contribution in [2.75, 3.05) is 25.7 Å². The smallest absolute Gasteiger partial charge is 0.112 e. The molecule has 4 nitrogen and oxygen atoms in total. The summed E-state index contributed by atoms with van der Waals surface area (Å²) in [6, 6.07) is 0. The zero-order valence-corrected chi connectivity index (χ0v) is 14.1. The molecule has 2 aromatic heterocycles. The van der Waals surface area contributed by atoms with Gasteiger partial charge >= 0.3 is 0 Å². The molecule has 0 bridgehead atoms. The molecule has 0 aromatic carbocycles. The second-order valence-corrected chi connectivity index (χ2v) is 6.29. The van der Waals surface area contributed by atoms with Crippen LogP contribution in [0.1, 0.15) is 30.7 Å². The largest absolute Gasteiger partial charge is 0.384 e. The van der Waals surface area contributed by atoms with E-state index in [2.05, 4.69) is 22.7 Å². The fourth-order valence-electron chi connectivity index (χ4n) is 2.62. The molecule has 0 atom stereocenters. The first-order valence-corrected chi connectivity index (χ1v) is 8.95. The summed E-state index contributed by atoms with van der Waals surface area (Å²) in [6.45, 7) is 3.86. The lowest BCUT2D eigenvalue weighted by molar-refractivity contribution is 0.199. The van der Waals surface area contributed by atoms with Crippen LogP contribution in [0.4, 0.5) is 0 Å². The van der Waals surface area contributed by atoms with Gasteiger partial charge < -0.3 is 9.30 Å². The Morgan fingerprint density at radius 3 is 2.86 bits per heavy atom. The predicted octanol–water partition coefficient (Wildman–Crippen LogP) is 3.46. The summed E-state index contributed by atoms with van der Waals surface area (Å²) < 4.78 is 7.58. The molecular weight excluding hydrogens is 282 g/mol. The van der Waals surface area contributed by atoms with E-state index in [4.69, 9.17) is 9.72 Å². The van der Waals surface area contributed by atoms with Crippen molar-refractivity contribution in [1.29, 1.82) is 0 Å². The van der Waals surface area contributed by atoms with Gasteiger partial charge in [-0.2, -0.15) is 11.8 Å². The lowest BCUT2D eigenvalue weighted by Gasteiger charge is -2.10. The van der Waals surface area contributed by atoms with Crippen molar-refractivity contribution in [2.24, 2.45) is 0 Å². The summed E-state index contributed by atoms with van der Waals surface area (Å²) in [5, 5.41) is 0. The van der Waals surface area contributed by atoms with Crippen LogP contribution in [0.25, 0.3) is 11.0 Å². The number of thioether (sulfide) groups is 1. The summed E-state index contributed by atoms with van der Waals surface area (Å²) in [4.78, 5) is 9.00. The van der Waals surface area contributed by atoms with Gasteiger partial charge in [0.05, 0.1) is 18.3 Å². The molecule has 0 radical (unpaired) electrons. The molecule has 21 heavy (non-hydrogen) atoms. The fraction of sp³-hybridized carbons (Fsp3) is 0.625. The number of nitrogens with zero attached hydrogens (tertiary/aromatic N) is 3. The third kappa shape index (κ3) is 4.20. The Bertz CT molecular complexity index is 568. The van der Waals surface area contributed by atoms with Gasteiger partial charge in [-0.05, 0) is 37.3 Å². The highest BCUT2D eigenvalue weighted by molar-refractivity contribution is 7.98. The maximum absolute atomic E-state index is 5.21. The van der Waals surface area contributed by atoms with Crippen LogP contribution < -0.4 is 0 Å². The number of unbranched alkanes of at least 4 members (excludes halogenated alkanes) is 2. The quantitative estimate of drug-likeness (QED) is 0.665. The van der Waals surface area contributed by atoms with E-state index in [1.165, 1.54) is 36.1 Å². The fourth-order valence-corrected chi connectivity index (χ4v) is 3.12. The number of aryl methyl sites for hydroxylation is 2. The molecule has 0 aliphatic heterocycles. The van der Waals surface area contributed by atoms with Crippen molar-refractivity contribution in [3.05, 3.63) is 23.8 Å². The zero-order valence-electron chi connectivity index (χ0n) is 13.3. The van der Waals surface area contributed by atoms with Crippen LogP contribution in [0, 0.1) is 6.92 Å². The van der Waals surface area contributed by atoms with Gasteiger partial charge in [-0.25, -0.2) is 4.98 Å². The molecule has 116 valence electrons. The Morgan fingerprint density at radius 2 is 2.10 bits per heavy atom. The van der Waals surface area contributed by atoms with E-state index in [9.17, 15) is 0 Å². The highest BCUT2D eigenvalue weighted by Gasteiger charge is 2.12. The van der Waals surface area contributed by atoms with Crippen LogP contribution in [0.2, 0.25) is 0 Å². The lowest BCUT2D eigenvalue weighted by atomic mass is 10.2. The third-order valence-electron chi connectivity index (χ3n) is 3.67. The van der Waals surface area contributed by atoms with Crippen LogP contribution in [0.3, 0.4) is 0 Å². The van der Waals surface area contributed by atoms with E-state index in [-0.39, 0.29) is 0 Å². The molecule has 0 N–H and O–H groups in total. The van der Waals surface area contributed by atoms with Crippen molar-refractivity contribution < 1.29 is 4.74 Å². The Balaban J connectivity index is 2.16. The summed E-state index contributed by atoms with van der Waals surface area (Å²) in [5.74, 6) is 2.37. The highest BCUT2D eigenvalue weighted by atomic mass is 32.2. The Labute approximate surface area is 131 Å². The molecule has 0 saturated carbocycles. The second kappa shape index (κ2) is 8.39. The Kier molecular flexibility index (Phi) is 6.51. The maximum Gasteiger partial charge on any atom is 0.112 e. The van der Waals surface area contributed by atoms with Gasteiger partial charge in [0, 0.05) is 26.3 Å². The minimum absolute atomic E-state index is 0.711. The number of hydrogen-bond donors (Lipinski definition) is 0. The molecule has 0 saturated heterocycles. The molecule has 0 amide bonds. The number of ether oxygens (including phenoxy) is 1. The van der Waals surface area contributed by atoms with E-state index < -0.39 is 0 Å². The SMILES string of the molecule is COCCc1nc2cncc(C)c2n1CCCCCSC. The van der Waals surface area contributed by atoms with E-state index in [1.807, 2.05) is 24.2 Å². The second-order valence-electron chi connectivity index (χ2n) is 5.30. The molecule has 0 aliphatic rings. The van der Waals surface area contributed by atoms with Crippen molar-refractivity contribution in [1.82, 2.24) is 14.5 Å². The van der Waals surface area contributed by atoms with E-state index in [1.54, 1.807) is 7.11 Å². The van der Waals surface area contributed by atoms with Crippen LogP contribution >= 0.6 is 11.8 Å². The van der Waals surface area contributed by atoms with Crippen molar-refractivity contribution in [2.45, 2.75) is 39.2 Å². The maximum atomic E-state index is 5.21. The molecule has 2 aromatic rings. The molecule has 0 fully saturated rings. The number of imidazole rings is 1. The number of hydrogen-bond acceptors (Lipinski definition) is 4. The number of aromatic nitrogens is 3. The van der Waals surface area contributed by atoms with Crippen molar-refractivity contribution >= 4 is 22.8 Å². The summed E-state index contributed by atoms with van der Waals surface area (Å²) in [5.41, 5.74) is 3.44. The number of pyridine rings is 1. The van der Waals surface area contributed by atoms with E-state index >= 15 is 0 Å². The van der Waals surface area contributed by atoms with Gasteiger partial charge in [-0.15, -0.1) is 0 Å². The Morgan fingerprint density at radius 1 is 1.24 bits per heavy atom. The van der Waals surface area contributed by atoms with Crippen LogP contribution in [-0.2, 0) is 17.7 Å². The highest BCUT2D eigenvalue weighted by Crippen LogP contribution is 2.20. The summed E-state index contributed by atoms with van der Waals surface area (Å²) in [7, 11) is 1.74. The predicted molar refractivity (Wildman–Crippen MR) is 90.1 cm³/mol. The first-order valence-electron chi connectivity index (χ1n) is 7.55.